The molecular formula is C22H32F3N7O4. The second-order valence-electron chi connectivity index (χ2n) is 7.96. The van der Waals surface area contributed by atoms with E-state index in [9.17, 15) is 22.8 Å². The van der Waals surface area contributed by atoms with Crippen molar-refractivity contribution in [2.75, 3.05) is 50.7 Å². The molecule has 2 N–H and O–H groups in total. The Bertz CT molecular complexity index is 1230. The number of hydrogen-bond acceptors (Lipinski definition) is 7. The molecule has 0 saturated carbocycles. The maximum Gasteiger partial charge on any atom is 0.490 e. The third kappa shape index (κ3) is 6.67. The number of carboxylic acids is 1. The summed E-state index contributed by atoms with van der Waals surface area (Å²) in [6, 6.07) is 0. The zero-order chi connectivity index (χ0) is 27.0. The van der Waals surface area contributed by atoms with Crippen LogP contribution in [0.15, 0.2) is 9.59 Å². The number of carboxylic acid groups (broad SMARTS) is 1. The maximum absolute atomic E-state index is 13.0. The molecule has 200 valence electrons. The molecular weight excluding hydrogens is 483 g/mol. The lowest BCUT2D eigenvalue weighted by Crippen LogP contribution is -2.44. The topological polar surface area (TPSA) is 118 Å². The molecule has 0 amide bonds. The van der Waals surface area contributed by atoms with Gasteiger partial charge in [-0.2, -0.15) is 18.2 Å². The minimum atomic E-state index is -5.08. The second-order valence-corrected chi connectivity index (χ2v) is 7.96. The SMILES string of the molecule is CC#CCn1c(N2CCNCC2)nc2c1c(=O)n(C)c(=O)n2CCN(CC)CC.O=C(O)C(F)(F)F. The Morgan fingerprint density at radius 2 is 1.75 bits per heavy atom. The van der Waals surface area contributed by atoms with Crippen LogP contribution in [0.5, 0.6) is 0 Å². The summed E-state index contributed by atoms with van der Waals surface area (Å²) >= 11 is 0. The molecule has 3 rings (SSSR count). The number of aromatic nitrogens is 4. The van der Waals surface area contributed by atoms with E-state index in [2.05, 4.69) is 40.8 Å². The first-order valence-corrected chi connectivity index (χ1v) is 11.6. The number of nitrogens with zero attached hydrogens (tertiary/aromatic N) is 6. The van der Waals surface area contributed by atoms with Gasteiger partial charge in [-0.25, -0.2) is 9.59 Å². The fourth-order valence-electron chi connectivity index (χ4n) is 3.74. The fraction of sp³-hybridized carbons (Fsp3) is 0.636. The number of hydrogen-bond donors (Lipinski definition) is 2. The van der Waals surface area contributed by atoms with Crippen LogP contribution in [0.2, 0.25) is 0 Å². The molecule has 0 radical (unpaired) electrons. The molecule has 0 aliphatic carbocycles. The van der Waals surface area contributed by atoms with Crippen LogP contribution in [0, 0.1) is 11.8 Å². The summed E-state index contributed by atoms with van der Waals surface area (Å²) in [5.74, 6) is 3.92. The number of anilines is 1. The van der Waals surface area contributed by atoms with E-state index >= 15 is 0 Å². The van der Waals surface area contributed by atoms with E-state index < -0.39 is 12.1 Å². The summed E-state index contributed by atoms with van der Waals surface area (Å²) in [7, 11) is 1.53. The van der Waals surface area contributed by atoms with Crippen molar-refractivity contribution >= 4 is 23.1 Å². The van der Waals surface area contributed by atoms with Crippen LogP contribution < -0.4 is 21.5 Å². The number of aliphatic carboxylic acids is 1. The van der Waals surface area contributed by atoms with Gasteiger partial charge >= 0.3 is 17.8 Å². The second kappa shape index (κ2) is 12.6. The molecule has 1 aliphatic rings. The highest BCUT2D eigenvalue weighted by Crippen LogP contribution is 2.20. The van der Waals surface area contributed by atoms with Crippen LogP contribution in [-0.4, -0.2) is 86.7 Å². The molecule has 0 unspecified atom stereocenters. The first-order chi connectivity index (χ1) is 17.0. The number of likely N-dealkylation sites (N-methyl/N-ethyl adjacent to an activating group) is 1. The number of rotatable bonds is 7. The summed E-state index contributed by atoms with van der Waals surface area (Å²) in [6.07, 6.45) is -5.08. The number of alkyl halides is 3. The highest BCUT2D eigenvalue weighted by atomic mass is 19.4. The van der Waals surface area contributed by atoms with Crippen molar-refractivity contribution in [2.24, 2.45) is 7.05 Å². The molecule has 2 aromatic rings. The Kier molecular flexibility index (Phi) is 10.1. The number of nitrogens with one attached hydrogen (secondary N) is 1. The van der Waals surface area contributed by atoms with E-state index in [1.54, 1.807) is 11.5 Å². The van der Waals surface area contributed by atoms with Gasteiger partial charge in [0.05, 0.1) is 6.54 Å². The smallest absolute Gasteiger partial charge is 0.475 e. The van der Waals surface area contributed by atoms with Gasteiger partial charge in [-0.3, -0.25) is 18.5 Å². The van der Waals surface area contributed by atoms with Gasteiger partial charge in [0.25, 0.3) is 5.56 Å². The van der Waals surface area contributed by atoms with Gasteiger partial charge in [0, 0.05) is 46.3 Å². The Labute approximate surface area is 206 Å². The summed E-state index contributed by atoms with van der Waals surface area (Å²) in [4.78, 5) is 44.1. The minimum absolute atomic E-state index is 0.323. The highest BCUT2D eigenvalue weighted by molar-refractivity contribution is 5.75. The molecule has 1 aliphatic heterocycles. The van der Waals surface area contributed by atoms with Crippen molar-refractivity contribution in [1.82, 2.24) is 28.9 Å². The maximum atomic E-state index is 13.0. The first-order valence-electron chi connectivity index (χ1n) is 11.6. The van der Waals surface area contributed by atoms with E-state index in [1.807, 2.05) is 4.57 Å². The van der Waals surface area contributed by atoms with Crippen molar-refractivity contribution in [3.05, 3.63) is 20.8 Å². The number of fused-ring (bicyclic) bond motifs is 1. The summed E-state index contributed by atoms with van der Waals surface area (Å²) in [5.41, 5.74) is 0.253. The summed E-state index contributed by atoms with van der Waals surface area (Å²) in [6.45, 7) is 12.7. The molecule has 2 aromatic heterocycles. The lowest BCUT2D eigenvalue weighted by molar-refractivity contribution is -0.192. The predicted molar refractivity (Wildman–Crippen MR) is 129 cm³/mol. The Morgan fingerprint density at radius 1 is 1.17 bits per heavy atom. The molecule has 11 nitrogen and oxygen atoms in total. The molecule has 0 aromatic carbocycles. The highest BCUT2D eigenvalue weighted by Gasteiger charge is 2.38. The molecule has 3 heterocycles. The van der Waals surface area contributed by atoms with E-state index in [4.69, 9.17) is 14.9 Å². The van der Waals surface area contributed by atoms with Gasteiger partial charge in [0.15, 0.2) is 11.2 Å². The zero-order valence-electron chi connectivity index (χ0n) is 20.9. The van der Waals surface area contributed by atoms with E-state index in [-0.39, 0.29) is 11.2 Å². The van der Waals surface area contributed by atoms with Crippen LogP contribution in [0.1, 0.15) is 20.8 Å². The Balaban J connectivity index is 0.000000572. The van der Waals surface area contributed by atoms with Crippen LogP contribution in [0.3, 0.4) is 0 Å². The number of imidazole rings is 1. The van der Waals surface area contributed by atoms with Crippen LogP contribution >= 0.6 is 0 Å². The first kappa shape index (κ1) is 28.9. The zero-order valence-corrected chi connectivity index (χ0v) is 20.9. The number of carbonyl (C=O) groups is 1. The quantitative estimate of drug-likeness (QED) is 0.506. The molecule has 1 fully saturated rings. The van der Waals surface area contributed by atoms with Gasteiger partial charge < -0.3 is 20.2 Å². The Hall–Kier alpha value is -3.31. The van der Waals surface area contributed by atoms with Crippen LogP contribution in [0.4, 0.5) is 19.1 Å². The molecule has 0 bridgehead atoms. The molecule has 0 spiro atoms. The summed E-state index contributed by atoms with van der Waals surface area (Å²) < 4.78 is 36.4. The molecule has 14 heteroatoms. The molecule has 0 atom stereocenters. The lowest BCUT2D eigenvalue weighted by atomic mass is 10.4. The predicted octanol–water partition coefficient (Wildman–Crippen LogP) is 0.305. The largest absolute Gasteiger partial charge is 0.490 e. The third-order valence-electron chi connectivity index (χ3n) is 5.80. The van der Waals surface area contributed by atoms with Gasteiger partial charge in [0.2, 0.25) is 5.95 Å². The van der Waals surface area contributed by atoms with Gasteiger partial charge in [-0.1, -0.05) is 19.8 Å². The van der Waals surface area contributed by atoms with Gasteiger partial charge in [-0.15, -0.1) is 5.92 Å². The minimum Gasteiger partial charge on any atom is -0.475 e. The normalized spacial score (nSPS) is 13.8. The third-order valence-corrected chi connectivity index (χ3v) is 5.80. The summed E-state index contributed by atoms with van der Waals surface area (Å²) in [5, 5.41) is 10.5. The van der Waals surface area contributed by atoms with Gasteiger partial charge in [0.1, 0.15) is 0 Å². The monoisotopic (exact) mass is 515 g/mol. The van der Waals surface area contributed by atoms with Crippen molar-refractivity contribution in [3.63, 3.8) is 0 Å². The van der Waals surface area contributed by atoms with Crippen molar-refractivity contribution in [2.45, 2.75) is 40.0 Å². The fourth-order valence-corrected chi connectivity index (χ4v) is 3.74. The molecule has 1 saturated heterocycles. The van der Waals surface area contributed by atoms with Crippen molar-refractivity contribution in [3.8, 4) is 11.8 Å². The van der Waals surface area contributed by atoms with E-state index in [0.717, 1.165) is 45.8 Å². The lowest BCUT2D eigenvalue weighted by Gasteiger charge is -2.28. The number of piperazine rings is 1. The average molecular weight is 516 g/mol. The standard InChI is InChI=1S/C20H31N7O2.C2HF3O2/c1-5-8-11-26-16-17(22-19(26)25-12-9-21-10-13-25)27(15-14-24(6-2)7-3)20(29)23(4)18(16)28;3-2(4,5)1(6)7/h21H,6-7,9-15H2,1-4H3;(H,6,7). The van der Waals surface area contributed by atoms with Crippen molar-refractivity contribution in [1.29, 1.82) is 0 Å². The average Bonchev–Trinajstić information content (AvgIpc) is 3.23. The Morgan fingerprint density at radius 3 is 2.25 bits per heavy atom. The number of halogens is 3. The van der Waals surface area contributed by atoms with E-state index in [1.165, 1.54) is 11.6 Å². The van der Waals surface area contributed by atoms with Crippen molar-refractivity contribution < 1.29 is 23.1 Å². The molecule has 36 heavy (non-hydrogen) atoms. The van der Waals surface area contributed by atoms with Gasteiger partial charge in [-0.05, 0) is 20.0 Å². The van der Waals surface area contributed by atoms with Crippen LogP contribution in [-0.2, 0) is 24.9 Å². The van der Waals surface area contributed by atoms with Crippen LogP contribution in [0.25, 0.3) is 11.2 Å². The van der Waals surface area contributed by atoms with E-state index in [0.29, 0.717) is 30.2 Å².